The maximum absolute atomic E-state index is 13.1. The van der Waals surface area contributed by atoms with Crippen LogP contribution in [-0.4, -0.2) is 20.5 Å². The predicted octanol–water partition coefficient (Wildman–Crippen LogP) is 7.81. The van der Waals surface area contributed by atoms with Crippen molar-refractivity contribution in [3.63, 3.8) is 0 Å². The van der Waals surface area contributed by atoms with Gasteiger partial charge in [-0.25, -0.2) is 9.67 Å². The van der Waals surface area contributed by atoms with Crippen LogP contribution in [0.1, 0.15) is 27.9 Å². The zero-order valence-electron chi connectivity index (χ0n) is 20.1. The first kappa shape index (κ1) is 23.4. The normalized spacial score (nSPS) is 11.8. The zero-order chi connectivity index (χ0) is 24.9. The summed E-state index contributed by atoms with van der Waals surface area (Å²) in [6.45, 7) is 3.86. The highest BCUT2D eigenvalue weighted by Crippen LogP contribution is 2.31. The maximum Gasteiger partial charge on any atom is 0.211 e. The first-order valence-electron chi connectivity index (χ1n) is 11.7. The quantitative estimate of drug-likeness (QED) is 0.134. The first-order chi connectivity index (χ1) is 17.6. The smallest absolute Gasteiger partial charge is 0.211 e. The summed E-state index contributed by atoms with van der Waals surface area (Å²) in [6, 6.07) is 32.3. The Hall–Kier alpha value is -4.35. The van der Waals surface area contributed by atoms with Gasteiger partial charge in [-0.1, -0.05) is 120 Å². The van der Waals surface area contributed by atoms with Crippen molar-refractivity contribution in [1.82, 2.24) is 14.8 Å². The third-order valence-corrected chi connectivity index (χ3v) is 6.88. The number of aryl methyl sites for hydroxylation is 1. The van der Waals surface area contributed by atoms with Gasteiger partial charge in [0.25, 0.3) is 0 Å². The summed E-state index contributed by atoms with van der Waals surface area (Å²) in [7, 11) is 0. The molecule has 0 radical (unpaired) electrons. The molecule has 5 heteroatoms. The van der Waals surface area contributed by atoms with E-state index in [2.05, 4.69) is 24.3 Å². The minimum Gasteiger partial charge on any atom is -0.288 e. The Morgan fingerprint density at radius 1 is 0.833 bits per heavy atom. The number of hydrogen-bond acceptors (Lipinski definition) is 4. The number of hydrogen-bond donors (Lipinski definition) is 0. The predicted molar refractivity (Wildman–Crippen MR) is 148 cm³/mol. The topological polar surface area (TPSA) is 47.8 Å². The summed E-state index contributed by atoms with van der Waals surface area (Å²) in [5.74, 6) is -0.0613. The van der Waals surface area contributed by atoms with Crippen molar-refractivity contribution in [3.05, 3.63) is 131 Å². The van der Waals surface area contributed by atoms with Gasteiger partial charge in [-0.15, -0.1) is 0 Å². The summed E-state index contributed by atoms with van der Waals surface area (Å²) in [5.41, 5.74) is 6.66. The standard InChI is InChI=1S/C31H25N3OS/c1-22(20-24-12-6-3-7-13-24)18-19-29(35)30-23(2)32-31(36-30)34-28(26-16-10-5-11-17-26)21-27(33-34)25-14-8-4-9-15-25/h3-21H,1-2H3/b19-18+,22-20+. The Morgan fingerprint density at radius 2 is 1.44 bits per heavy atom. The van der Waals surface area contributed by atoms with Crippen LogP contribution >= 0.6 is 11.3 Å². The molecule has 176 valence electrons. The molecule has 0 aliphatic carbocycles. The van der Waals surface area contributed by atoms with Crippen molar-refractivity contribution >= 4 is 23.2 Å². The van der Waals surface area contributed by atoms with E-state index in [1.165, 1.54) is 11.3 Å². The summed E-state index contributed by atoms with van der Waals surface area (Å²) < 4.78 is 1.84. The van der Waals surface area contributed by atoms with E-state index in [1.54, 1.807) is 6.08 Å². The summed E-state index contributed by atoms with van der Waals surface area (Å²) in [6.07, 6.45) is 5.52. The minimum absolute atomic E-state index is 0.0613. The fraction of sp³-hybridized carbons (Fsp3) is 0.0645. The van der Waals surface area contributed by atoms with Crippen LogP contribution in [0.25, 0.3) is 33.7 Å². The molecule has 0 fully saturated rings. The largest absolute Gasteiger partial charge is 0.288 e. The van der Waals surface area contributed by atoms with Crippen LogP contribution in [0.5, 0.6) is 0 Å². The summed E-state index contributed by atoms with van der Waals surface area (Å²) in [4.78, 5) is 18.4. The van der Waals surface area contributed by atoms with Gasteiger partial charge < -0.3 is 0 Å². The van der Waals surface area contributed by atoms with Gasteiger partial charge in [0, 0.05) is 11.1 Å². The number of carbonyl (C=O) groups excluding carboxylic acids is 1. The van der Waals surface area contributed by atoms with Crippen LogP contribution in [0.2, 0.25) is 0 Å². The Balaban J connectivity index is 1.48. The number of benzene rings is 3. The number of aromatic nitrogens is 3. The lowest BCUT2D eigenvalue weighted by Crippen LogP contribution is -1.98. The zero-order valence-corrected chi connectivity index (χ0v) is 20.9. The van der Waals surface area contributed by atoms with Crippen LogP contribution in [0.3, 0.4) is 0 Å². The Kier molecular flexibility index (Phi) is 6.83. The molecule has 0 saturated heterocycles. The molecule has 2 aromatic heterocycles. The number of nitrogens with zero attached hydrogens (tertiary/aromatic N) is 3. The molecule has 0 amide bonds. The fourth-order valence-electron chi connectivity index (χ4n) is 3.94. The summed E-state index contributed by atoms with van der Waals surface area (Å²) in [5, 5.41) is 5.56. The van der Waals surface area contributed by atoms with Crippen LogP contribution in [0, 0.1) is 6.92 Å². The molecule has 36 heavy (non-hydrogen) atoms. The molecule has 4 nitrogen and oxygen atoms in total. The van der Waals surface area contributed by atoms with Crippen molar-refractivity contribution in [1.29, 1.82) is 0 Å². The van der Waals surface area contributed by atoms with E-state index in [9.17, 15) is 4.79 Å². The second kappa shape index (κ2) is 10.5. The minimum atomic E-state index is -0.0613. The van der Waals surface area contributed by atoms with Gasteiger partial charge in [0.2, 0.25) is 5.13 Å². The molecule has 0 spiro atoms. The van der Waals surface area contributed by atoms with Gasteiger partial charge in [-0.2, -0.15) is 5.10 Å². The van der Waals surface area contributed by atoms with Crippen LogP contribution in [-0.2, 0) is 0 Å². The highest BCUT2D eigenvalue weighted by Gasteiger charge is 2.19. The average molecular weight is 488 g/mol. The van der Waals surface area contributed by atoms with Crippen molar-refractivity contribution < 1.29 is 4.79 Å². The third-order valence-electron chi connectivity index (χ3n) is 5.73. The van der Waals surface area contributed by atoms with E-state index in [1.807, 2.05) is 103 Å². The lowest BCUT2D eigenvalue weighted by atomic mass is 10.1. The molecule has 5 rings (SSSR count). The van der Waals surface area contributed by atoms with E-state index < -0.39 is 0 Å². The number of allylic oxidation sites excluding steroid dienone is 3. The molecule has 0 aliphatic heterocycles. The SMILES string of the molecule is CC(/C=C/C(=O)c1sc(-n2nc(-c3ccccc3)cc2-c2ccccc2)nc1C)=C\c1ccccc1. The second-order valence-electron chi connectivity index (χ2n) is 8.47. The molecule has 0 atom stereocenters. The Labute approximate surface area is 214 Å². The van der Waals surface area contributed by atoms with Crippen LogP contribution in [0.15, 0.2) is 115 Å². The number of rotatable bonds is 7. The number of carbonyl (C=O) groups is 1. The van der Waals surface area contributed by atoms with E-state index in [0.29, 0.717) is 15.7 Å². The molecular weight excluding hydrogens is 462 g/mol. The van der Waals surface area contributed by atoms with E-state index >= 15 is 0 Å². The summed E-state index contributed by atoms with van der Waals surface area (Å²) >= 11 is 1.36. The van der Waals surface area contributed by atoms with E-state index in [4.69, 9.17) is 10.1 Å². The van der Waals surface area contributed by atoms with E-state index in [-0.39, 0.29) is 5.78 Å². The molecule has 0 saturated carbocycles. The van der Waals surface area contributed by atoms with Gasteiger partial charge in [-0.05, 0) is 31.6 Å². The molecule has 3 aromatic carbocycles. The molecule has 0 unspecified atom stereocenters. The highest BCUT2D eigenvalue weighted by atomic mass is 32.1. The monoisotopic (exact) mass is 487 g/mol. The third kappa shape index (κ3) is 5.16. The van der Waals surface area contributed by atoms with Crippen molar-refractivity contribution in [2.24, 2.45) is 0 Å². The van der Waals surface area contributed by atoms with Crippen molar-refractivity contribution in [2.75, 3.05) is 0 Å². The van der Waals surface area contributed by atoms with Crippen LogP contribution < -0.4 is 0 Å². The molecular formula is C31H25N3OS. The number of thiazole rings is 1. The van der Waals surface area contributed by atoms with Gasteiger partial charge >= 0.3 is 0 Å². The Morgan fingerprint density at radius 3 is 2.11 bits per heavy atom. The maximum atomic E-state index is 13.1. The lowest BCUT2D eigenvalue weighted by Gasteiger charge is -2.03. The molecule has 0 bridgehead atoms. The highest BCUT2D eigenvalue weighted by molar-refractivity contribution is 7.16. The first-order valence-corrected chi connectivity index (χ1v) is 12.5. The molecule has 0 aliphatic rings. The van der Waals surface area contributed by atoms with E-state index in [0.717, 1.165) is 33.7 Å². The molecule has 2 heterocycles. The van der Waals surface area contributed by atoms with Gasteiger partial charge in [0.1, 0.15) is 0 Å². The van der Waals surface area contributed by atoms with Gasteiger partial charge in [-0.3, -0.25) is 4.79 Å². The van der Waals surface area contributed by atoms with Crippen molar-refractivity contribution in [2.45, 2.75) is 13.8 Å². The molecule has 5 aromatic rings. The average Bonchev–Trinajstić information content (AvgIpc) is 3.53. The Bertz CT molecular complexity index is 1550. The van der Waals surface area contributed by atoms with Crippen molar-refractivity contribution in [3.8, 4) is 27.6 Å². The lowest BCUT2D eigenvalue weighted by molar-refractivity contribution is 0.104. The second-order valence-corrected chi connectivity index (χ2v) is 9.44. The molecule has 0 N–H and O–H groups in total. The van der Waals surface area contributed by atoms with Gasteiger partial charge in [0.15, 0.2) is 5.78 Å². The van der Waals surface area contributed by atoms with Crippen LogP contribution in [0.4, 0.5) is 0 Å². The van der Waals surface area contributed by atoms with Gasteiger partial charge in [0.05, 0.1) is 22.0 Å². The number of ketones is 1. The fourth-order valence-corrected chi connectivity index (χ4v) is 4.89.